The number of alkyl halides is 3. The van der Waals surface area contributed by atoms with E-state index in [9.17, 15) is 18.0 Å². The van der Waals surface area contributed by atoms with Crippen molar-refractivity contribution in [1.82, 2.24) is 0 Å². The minimum atomic E-state index is -4.26. The molecule has 0 heterocycles. The fourth-order valence-corrected chi connectivity index (χ4v) is 2.82. The fraction of sp³-hybridized carbons (Fsp3) is 0.533. The van der Waals surface area contributed by atoms with Gasteiger partial charge in [0.25, 0.3) is 0 Å². The normalized spacial score (nSPS) is 15.1. The van der Waals surface area contributed by atoms with Crippen molar-refractivity contribution >= 4 is 6.29 Å². The molecule has 19 heavy (non-hydrogen) atoms. The molecule has 4 heteroatoms. The predicted octanol–water partition coefficient (Wildman–Crippen LogP) is 4.11. The molecule has 0 fully saturated rings. The summed E-state index contributed by atoms with van der Waals surface area (Å²) in [5.74, 6) is 0. The Morgan fingerprint density at radius 1 is 1.11 bits per heavy atom. The first-order valence-corrected chi connectivity index (χ1v) is 6.68. The van der Waals surface area contributed by atoms with E-state index in [1.165, 1.54) is 6.07 Å². The standard InChI is InChI=1S/C15H17F3O/c16-15(17,18)14-9-8-11(5-3-4-10-19)12-6-1-2-7-13(12)14/h8-10H,1-7H2. The van der Waals surface area contributed by atoms with E-state index in [1.54, 1.807) is 6.07 Å². The maximum absolute atomic E-state index is 13.0. The van der Waals surface area contributed by atoms with Crippen molar-refractivity contribution in [2.45, 2.75) is 51.1 Å². The summed E-state index contributed by atoms with van der Waals surface area (Å²) in [7, 11) is 0. The lowest BCUT2D eigenvalue weighted by Gasteiger charge is -2.23. The molecule has 104 valence electrons. The number of fused-ring (bicyclic) bond motifs is 1. The minimum Gasteiger partial charge on any atom is -0.303 e. The molecule has 2 rings (SSSR count). The summed E-state index contributed by atoms with van der Waals surface area (Å²) < 4.78 is 38.9. The Morgan fingerprint density at radius 2 is 1.79 bits per heavy atom. The highest BCUT2D eigenvalue weighted by molar-refractivity contribution is 5.49. The molecule has 1 aliphatic rings. The summed E-state index contributed by atoms with van der Waals surface area (Å²) in [5.41, 5.74) is 1.89. The summed E-state index contributed by atoms with van der Waals surface area (Å²) in [6.07, 6.45) is 1.50. The highest BCUT2D eigenvalue weighted by atomic mass is 19.4. The van der Waals surface area contributed by atoms with Gasteiger partial charge in [0.05, 0.1) is 5.56 Å². The van der Waals surface area contributed by atoms with Crippen LogP contribution in [0, 0.1) is 0 Å². The van der Waals surface area contributed by atoms with Gasteiger partial charge in [0.2, 0.25) is 0 Å². The van der Waals surface area contributed by atoms with E-state index in [0.29, 0.717) is 31.2 Å². The van der Waals surface area contributed by atoms with Gasteiger partial charge in [0.15, 0.2) is 0 Å². The second-order valence-corrected chi connectivity index (χ2v) is 4.99. The zero-order chi connectivity index (χ0) is 13.9. The van der Waals surface area contributed by atoms with Crippen LogP contribution in [-0.2, 0) is 30.2 Å². The number of hydrogen-bond acceptors (Lipinski definition) is 1. The fourth-order valence-electron chi connectivity index (χ4n) is 2.82. The number of hydrogen-bond donors (Lipinski definition) is 0. The van der Waals surface area contributed by atoms with Crippen molar-refractivity contribution in [3.63, 3.8) is 0 Å². The van der Waals surface area contributed by atoms with Crippen LogP contribution in [0.25, 0.3) is 0 Å². The maximum Gasteiger partial charge on any atom is 0.416 e. The Labute approximate surface area is 110 Å². The quantitative estimate of drug-likeness (QED) is 0.594. The highest BCUT2D eigenvalue weighted by Crippen LogP contribution is 2.37. The third-order valence-electron chi connectivity index (χ3n) is 3.71. The van der Waals surface area contributed by atoms with Crippen molar-refractivity contribution in [3.8, 4) is 0 Å². The van der Waals surface area contributed by atoms with Gasteiger partial charge in [0.1, 0.15) is 6.29 Å². The van der Waals surface area contributed by atoms with Crippen LogP contribution in [0.5, 0.6) is 0 Å². The van der Waals surface area contributed by atoms with Gasteiger partial charge in [-0.2, -0.15) is 13.2 Å². The molecule has 0 unspecified atom stereocenters. The van der Waals surface area contributed by atoms with Gasteiger partial charge < -0.3 is 4.79 Å². The first-order chi connectivity index (χ1) is 9.04. The molecule has 0 aliphatic heterocycles. The van der Waals surface area contributed by atoms with Gasteiger partial charge in [-0.1, -0.05) is 6.07 Å². The second-order valence-electron chi connectivity index (χ2n) is 4.99. The molecule has 0 amide bonds. The molecule has 0 spiro atoms. The molecular weight excluding hydrogens is 253 g/mol. The topological polar surface area (TPSA) is 17.1 Å². The van der Waals surface area contributed by atoms with Crippen molar-refractivity contribution in [2.24, 2.45) is 0 Å². The number of rotatable bonds is 4. The Hall–Kier alpha value is -1.32. The van der Waals surface area contributed by atoms with E-state index in [-0.39, 0.29) is 0 Å². The second kappa shape index (κ2) is 5.76. The summed E-state index contributed by atoms with van der Waals surface area (Å²) in [4.78, 5) is 10.3. The molecule has 0 saturated heterocycles. The molecule has 1 aromatic rings. The number of benzene rings is 1. The van der Waals surface area contributed by atoms with Crippen LogP contribution in [0.4, 0.5) is 13.2 Å². The molecular formula is C15H17F3O. The third-order valence-corrected chi connectivity index (χ3v) is 3.71. The van der Waals surface area contributed by atoms with Crippen LogP contribution in [-0.4, -0.2) is 6.29 Å². The smallest absolute Gasteiger partial charge is 0.303 e. The molecule has 0 bridgehead atoms. The largest absolute Gasteiger partial charge is 0.416 e. The highest BCUT2D eigenvalue weighted by Gasteiger charge is 2.35. The van der Waals surface area contributed by atoms with Gasteiger partial charge in [-0.3, -0.25) is 0 Å². The van der Waals surface area contributed by atoms with Crippen LogP contribution < -0.4 is 0 Å². The van der Waals surface area contributed by atoms with Crippen LogP contribution in [0.3, 0.4) is 0 Å². The van der Waals surface area contributed by atoms with Crippen LogP contribution in [0.15, 0.2) is 12.1 Å². The maximum atomic E-state index is 13.0. The molecule has 0 saturated carbocycles. The van der Waals surface area contributed by atoms with Crippen LogP contribution >= 0.6 is 0 Å². The first-order valence-electron chi connectivity index (χ1n) is 6.68. The van der Waals surface area contributed by atoms with Crippen LogP contribution in [0.2, 0.25) is 0 Å². The number of aldehydes is 1. The summed E-state index contributed by atoms with van der Waals surface area (Å²) in [5, 5.41) is 0. The lowest BCUT2D eigenvalue weighted by Crippen LogP contribution is -2.16. The third kappa shape index (κ3) is 3.17. The number of aryl methyl sites for hydroxylation is 1. The van der Waals surface area contributed by atoms with Crippen molar-refractivity contribution in [2.75, 3.05) is 0 Å². The van der Waals surface area contributed by atoms with Crippen molar-refractivity contribution in [1.29, 1.82) is 0 Å². The van der Waals surface area contributed by atoms with E-state index in [2.05, 4.69) is 0 Å². The monoisotopic (exact) mass is 270 g/mol. The average Bonchev–Trinajstić information content (AvgIpc) is 2.37. The molecule has 1 aliphatic carbocycles. The van der Waals surface area contributed by atoms with E-state index in [1.807, 2.05) is 0 Å². The van der Waals surface area contributed by atoms with Gasteiger partial charge in [0, 0.05) is 6.42 Å². The Balaban J connectivity index is 2.34. The molecule has 0 N–H and O–H groups in total. The minimum absolute atomic E-state index is 0.468. The van der Waals surface area contributed by atoms with Gasteiger partial charge in [-0.25, -0.2) is 0 Å². The van der Waals surface area contributed by atoms with E-state index < -0.39 is 11.7 Å². The molecule has 0 radical (unpaired) electrons. The molecule has 1 aromatic carbocycles. The van der Waals surface area contributed by atoms with Gasteiger partial charge in [-0.15, -0.1) is 0 Å². The lowest BCUT2D eigenvalue weighted by atomic mass is 9.83. The van der Waals surface area contributed by atoms with Crippen molar-refractivity contribution in [3.05, 3.63) is 34.4 Å². The first kappa shape index (κ1) is 14.1. The number of halogens is 3. The van der Waals surface area contributed by atoms with E-state index in [0.717, 1.165) is 36.7 Å². The summed E-state index contributed by atoms with van der Waals surface area (Å²) >= 11 is 0. The molecule has 1 nitrogen and oxygen atoms in total. The Morgan fingerprint density at radius 3 is 2.42 bits per heavy atom. The zero-order valence-electron chi connectivity index (χ0n) is 10.7. The SMILES string of the molecule is O=CCCCc1ccc(C(F)(F)F)c2c1CCCC2. The van der Waals surface area contributed by atoms with Gasteiger partial charge in [-0.05, 0) is 61.3 Å². The number of carbonyl (C=O) groups excluding carboxylic acids is 1. The van der Waals surface area contributed by atoms with Crippen molar-refractivity contribution < 1.29 is 18.0 Å². The number of carbonyl (C=O) groups is 1. The van der Waals surface area contributed by atoms with E-state index in [4.69, 9.17) is 0 Å². The Kier molecular flexibility index (Phi) is 4.27. The lowest BCUT2D eigenvalue weighted by molar-refractivity contribution is -0.138. The predicted molar refractivity (Wildman–Crippen MR) is 67.1 cm³/mol. The van der Waals surface area contributed by atoms with E-state index >= 15 is 0 Å². The molecule has 0 aromatic heterocycles. The molecule has 0 atom stereocenters. The summed E-state index contributed by atoms with van der Waals surface area (Å²) in [6.45, 7) is 0. The zero-order valence-corrected chi connectivity index (χ0v) is 10.7. The Bertz CT molecular complexity index is 463. The summed E-state index contributed by atoms with van der Waals surface area (Å²) in [6, 6.07) is 2.80. The average molecular weight is 270 g/mol. The van der Waals surface area contributed by atoms with Crippen LogP contribution in [0.1, 0.15) is 47.9 Å². The van der Waals surface area contributed by atoms with Gasteiger partial charge >= 0.3 is 6.18 Å². The number of unbranched alkanes of at least 4 members (excludes halogenated alkanes) is 1.